The van der Waals surface area contributed by atoms with Crippen LogP contribution < -0.4 is 0 Å². The van der Waals surface area contributed by atoms with Crippen molar-refractivity contribution in [3.05, 3.63) is 34.9 Å². The maximum Gasteiger partial charge on any atom is 0.303 e. The molecular weight excluding hydrogens is 287 g/mol. The van der Waals surface area contributed by atoms with E-state index in [0.717, 1.165) is 6.07 Å². The summed E-state index contributed by atoms with van der Waals surface area (Å²) in [5.41, 5.74) is 0.442. The van der Waals surface area contributed by atoms with Crippen LogP contribution in [0, 0.1) is 11.7 Å². The number of aliphatic carboxylic acids is 1. The molecule has 2 rings (SSSR count). The van der Waals surface area contributed by atoms with E-state index in [0.29, 0.717) is 17.9 Å². The largest absolute Gasteiger partial charge is 0.481 e. The zero-order chi connectivity index (χ0) is 14.7. The normalized spacial score (nSPS) is 12.3. The molecule has 0 amide bonds. The summed E-state index contributed by atoms with van der Waals surface area (Å²) in [5, 5.41) is 16.5. The van der Waals surface area contributed by atoms with Gasteiger partial charge in [-0.15, -0.1) is 10.2 Å². The average Bonchev–Trinajstić information content (AvgIpc) is 2.75. The predicted octanol–water partition coefficient (Wildman–Crippen LogP) is 3.18. The maximum absolute atomic E-state index is 13.0. The number of rotatable bonds is 5. The fourth-order valence-corrected chi connectivity index (χ4v) is 2.02. The minimum atomic E-state index is -0.876. The van der Waals surface area contributed by atoms with E-state index in [1.54, 1.807) is 6.92 Å². The Hall–Kier alpha value is -1.95. The minimum absolute atomic E-state index is 0.0228. The number of nitrogens with zero attached hydrogens (tertiary/aromatic N) is 2. The van der Waals surface area contributed by atoms with Crippen LogP contribution in [-0.2, 0) is 11.2 Å². The molecule has 20 heavy (non-hydrogen) atoms. The summed E-state index contributed by atoms with van der Waals surface area (Å²) in [4.78, 5) is 10.6. The van der Waals surface area contributed by atoms with Crippen LogP contribution in [0.15, 0.2) is 22.6 Å². The van der Waals surface area contributed by atoms with Crippen LogP contribution in [0.2, 0.25) is 5.02 Å². The van der Waals surface area contributed by atoms with Gasteiger partial charge in [0.05, 0.1) is 10.6 Å². The maximum atomic E-state index is 13.0. The first-order chi connectivity index (χ1) is 9.45. The fraction of sp³-hybridized carbons (Fsp3) is 0.308. The molecule has 106 valence electrons. The third-order valence-electron chi connectivity index (χ3n) is 2.67. The van der Waals surface area contributed by atoms with Crippen LogP contribution in [0.1, 0.15) is 19.2 Å². The lowest BCUT2D eigenvalue weighted by molar-refractivity contribution is -0.137. The van der Waals surface area contributed by atoms with E-state index < -0.39 is 11.8 Å². The topological polar surface area (TPSA) is 76.2 Å². The van der Waals surface area contributed by atoms with Gasteiger partial charge >= 0.3 is 5.97 Å². The van der Waals surface area contributed by atoms with Crippen molar-refractivity contribution in [2.75, 3.05) is 0 Å². The van der Waals surface area contributed by atoms with Gasteiger partial charge in [-0.2, -0.15) is 0 Å². The first-order valence-electron chi connectivity index (χ1n) is 5.95. The van der Waals surface area contributed by atoms with Gasteiger partial charge in [-0.05, 0) is 24.1 Å². The average molecular weight is 299 g/mol. The number of carbonyl (C=O) groups is 1. The van der Waals surface area contributed by atoms with Crippen molar-refractivity contribution in [3.63, 3.8) is 0 Å². The van der Waals surface area contributed by atoms with Crippen LogP contribution in [0.3, 0.4) is 0 Å². The van der Waals surface area contributed by atoms with Crippen molar-refractivity contribution in [2.45, 2.75) is 19.8 Å². The monoisotopic (exact) mass is 298 g/mol. The Kier molecular flexibility index (Phi) is 4.34. The summed E-state index contributed by atoms with van der Waals surface area (Å²) in [7, 11) is 0. The van der Waals surface area contributed by atoms with Crippen molar-refractivity contribution in [1.82, 2.24) is 10.2 Å². The third-order valence-corrected chi connectivity index (χ3v) is 2.99. The van der Waals surface area contributed by atoms with Crippen LogP contribution in [0.5, 0.6) is 0 Å². The highest BCUT2D eigenvalue weighted by Gasteiger charge is 2.16. The minimum Gasteiger partial charge on any atom is -0.481 e. The third kappa shape index (κ3) is 3.54. The molecule has 0 spiro atoms. The van der Waals surface area contributed by atoms with Crippen LogP contribution >= 0.6 is 11.6 Å². The number of halogens is 2. The zero-order valence-electron chi connectivity index (χ0n) is 10.6. The number of carboxylic acids is 1. The molecule has 0 aliphatic carbocycles. The Morgan fingerprint density at radius 1 is 1.50 bits per heavy atom. The van der Waals surface area contributed by atoms with Gasteiger partial charge in [-0.1, -0.05) is 18.5 Å². The molecule has 0 fully saturated rings. The van der Waals surface area contributed by atoms with Crippen molar-refractivity contribution >= 4 is 17.6 Å². The number of aromatic nitrogens is 2. The van der Waals surface area contributed by atoms with E-state index in [-0.39, 0.29) is 23.3 Å². The first-order valence-corrected chi connectivity index (χ1v) is 6.33. The fourth-order valence-electron chi connectivity index (χ4n) is 1.78. The lowest BCUT2D eigenvalue weighted by atomic mass is 10.0. The van der Waals surface area contributed by atoms with E-state index >= 15 is 0 Å². The Bertz CT molecular complexity index is 630. The summed E-state index contributed by atoms with van der Waals surface area (Å²) in [6.07, 6.45) is 0.382. The Morgan fingerprint density at radius 3 is 2.90 bits per heavy atom. The second kappa shape index (κ2) is 6.00. The molecule has 2 aromatic rings. The lowest BCUT2D eigenvalue weighted by Crippen LogP contribution is -2.07. The van der Waals surface area contributed by atoms with Crippen LogP contribution in [0.4, 0.5) is 4.39 Å². The van der Waals surface area contributed by atoms with Gasteiger partial charge in [0.25, 0.3) is 0 Å². The Balaban J connectivity index is 2.14. The van der Waals surface area contributed by atoms with Crippen molar-refractivity contribution in [1.29, 1.82) is 0 Å². The molecule has 1 aromatic carbocycles. The Morgan fingerprint density at radius 2 is 2.25 bits per heavy atom. The van der Waals surface area contributed by atoms with Gasteiger partial charge in [-0.3, -0.25) is 4.79 Å². The second-order valence-electron chi connectivity index (χ2n) is 4.53. The van der Waals surface area contributed by atoms with Crippen LogP contribution in [0.25, 0.3) is 11.5 Å². The molecule has 7 heteroatoms. The molecule has 1 N–H and O–H groups in total. The number of carboxylic acid groups (broad SMARTS) is 1. The number of hydrogen-bond donors (Lipinski definition) is 1. The van der Waals surface area contributed by atoms with Crippen molar-refractivity contribution < 1.29 is 18.7 Å². The highest BCUT2D eigenvalue weighted by atomic mass is 35.5. The Labute approximate surface area is 119 Å². The van der Waals surface area contributed by atoms with Gasteiger partial charge in [0.15, 0.2) is 0 Å². The van der Waals surface area contributed by atoms with E-state index in [4.69, 9.17) is 21.1 Å². The van der Waals surface area contributed by atoms with E-state index in [2.05, 4.69) is 10.2 Å². The molecule has 5 nitrogen and oxygen atoms in total. The van der Waals surface area contributed by atoms with Gasteiger partial charge in [0.2, 0.25) is 11.8 Å². The highest BCUT2D eigenvalue weighted by Crippen LogP contribution is 2.27. The van der Waals surface area contributed by atoms with Crippen molar-refractivity contribution in [2.24, 2.45) is 5.92 Å². The zero-order valence-corrected chi connectivity index (χ0v) is 11.4. The molecule has 1 aromatic heterocycles. The molecule has 0 saturated heterocycles. The van der Waals surface area contributed by atoms with Crippen molar-refractivity contribution in [3.8, 4) is 11.5 Å². The number of benzene rings is 1. The predicted molar refractivity (Wildman–Crippen MR) is 69.8 cm³/mol. The summed E-state index contributed by atoms with van der Waals surface area (Å²) in [5.74, 6) is -0.932. The lowest BCUT2D eigenvalue weighted by Gasteiger charge is -2.03. The summed E-state index contributed by atoms with van der Waals surface area (Å²) < 4.78 is 18.4. The highest BCUT2D eigenvalue weighted by molar-refractivity contribution is 6.33. The molecule has 1 atom stereocenters. The molecule has 0 saturated carbocycles. The molecule has 0 bridgehead atoms. The smallest absolute Gasteiger partial charge is 0.303 e. The number of hydrogen-bond acceptors (Lipinski definition) is 4. The molecule has 1 unspecified atom stereocenters. The van der Waals surface area contributed by atoms with E-state index in [9.17, 15) is 9.18 Å². The van der Waals surface area contributed by atoms with Crippen LogP contribution in [-0.4, -0.2) is 21.3 Å². The second-order valence-corrected chi connectivity index (χ2v) is 4.94. The van der Waals surface area contributed by atoms with E-state index in [1.165, 1.54) is 12.1 Å². The van der Waals surface area contributed by atoms with Gasteiger partial charge in [0, 0.05) is 12.8 Å². The quantitative estimate of drug-likeness (QED) is 0.917. The molecular formula is C13H12ClFN2O3. The molecule has 0 radical (unpaired) electrons. The van der Waals surface area contributed by atoms with Gasteiger partial charge in [0.1, 0.15) is 5.82 Å². The van der Waals surface area contributed by atoms with E-state index in [1.807, 2.05) is 0 Å². The summed E-state index contributed by atoms with van der Waals surface area (Å²) in [6.45, 7) is 1.78. The SMILES string of the molecule is CC(CC(=O)O)Cc1nnc(-c2ccc(F)cc2Cl)o1. The molecule has 0 aliphatic heterocycles. The standard InChI is InChI=1S/C13H12ClFN2O3/c1-7(5-12(18)19)4-11-16-17-13(20-11)9-3-2-8(15)6-10(9)14/h2-3,6-7H,4-5H2,1H3,(H,18,19). The summed E-state index contributed by atoms with van der Waals surface area (Å²) in [6, 6.07) is 3.86. The summed E-state index contributed by atoms with van der Waals surface area (Å²) >= 11 is 5.90. The van der Waals surface area contributed by atoms with Gasteiger partial charge in [-0.25, -0.2) is 4.39 Å². The van der Waals surface area contributed by atoms with Gasteiger partial charge < -0.3 is 9.52 Å². The molecule has 1 heterocycles. The first kappa shape index (κ1) is 14.5. The molecule has 0 aliphatic rings.